The van der Waals surface area contributed by atoms with Crippen molar-refractivity contribution in [1.29, 1.82) is 0 Å². The number of guanidine groups is 1. The summed E-state index contributed by atoms with van der Waals surface area (Å²) in [7, 11) is -1.54. The minimum absolute atomic E-state index is 0. The first-order valence-electron chi connectivity index (χ1n) is 7.17. The third-order valence-corrected chi connectivity index (χ3v) is 5.74. The molecule has 0 bridgehead atoms. The van der Waals surface area contributed by atoms with Crippen LogP contribution in [0.15, 0.2) is 4.99 Å². The highest BCUT2D eigenvalue weighted by Gasteiger charge is 2.23. The average Bonchev–Trinajstić information content (AvgIpc) is 2.48. The van der Waals surface area contributed by atoms with E-state index >= 15 is 0 Å². The lowest BCUT2D eigenvalue weighted by molar-refractivity contribution is 0.208. The van der Waals surface area contributed by atoms with Crippen LogP contribution in [-0.2, 0) is 14.8 Å². The highest BCUT2D eigenvalue weighted by atomic mass is 127. The molecule has 0 spiro atoms. The molecule has 132 valence electrons. The van der Waals surface area contributed by atoms with Crippen LogP contribution in [0.2, 0.25) is 0 Å². The Morgan fingerprint density at radius 1 is 1.32 bits per heavy atom. The zero-order valence-electron chi connectivity index (χ0n) is 13.2. The van der Waals surface area contributed by atoms with Crippen LogP contribution in [-0.4, -0.2) is 82.4 Å². The van der Waals surface area contributed by atoms with Gasteiger partial charge in [-0.25, -0.2) is 12.7 Å². The second-order valence-electron chi connectivity index (χ2n) is 4.51. The van der Waals surface area contributed by atoms with Gasteiger partial charge in [-0.1, -0.05) is 0 Å². The predicted molar refractivity (Wildman–Crippen MR) is 104 cm³/mol. The molecule has 0 amide bonds. The summed E-state index contributed by atoms with van der Waals surface area (Å²) >= 11 is 1.80. The number of nitrogens with zero attached hydrogens (tertiary/aromatic N) is 2. The standard InChI is InChI=1S/C12H26N4O3S2.HI/c1-3-13-12(14-4-8-19-2)15-5-11-21(17,18)16-6-9-20-10-7-16;/h3-11H2,1-2H3,(H2,13,14,15);1H. The van der Waals surface area contributed by atoms with Crippen molar-refractivity contribution in [3.05, 3.63) is 0 Å². The maximum absolute atomic E-state index is 12.2. The van der Waals surface area contributed by atoms with Crippen molar-refractivity contribution < 1.29 is 13.2 Å². The molecular weight excluding hydrogens is 439 g/mol. The number of thioether (sulfide) groups is 1. The van der Waals surface area contributed by atoms with E-state index < -0.39 is 10.0 Å². The molecule has 1 saturated heterocycles. The summed E-state index contributed by atoms with van der Waals surface area (Å²) in [4.78, 5) is 4.29. The van der Waals surface area contributed by atoms with Crippen molar-refractivity contribution in [1.82, 2.24) is 14.9 Å². The zero-order chi connectivity index (χ0) is 15.6. The highest BCUT2D eigenvalue weighted by Crippen LogP contribution is 2.12. The van der Waals surface area contributed by atoms with Gasteiger partial charge in [0.1, 0.15) is 0 Å². The number of halogens is 1. The first-order valence-corrected chi connectivity index (χ1v) is 9.93. The summed E-state index contributed by atoms with van der Waals surface area (Å²) in [5.41, 5.74) is 0. The monoisotopic (exact) mass is 466 g/mol. The Morgan fingerprint density at radius 2 is 2.00 bits per heavy atom. The molecule has 0 aliphatic carbocycles. The van der Waals surface area contributed by atoms with E-state index in [0.717, 1.165) is 18.1 Å². The quantitative estimate of drug-likeness (QED) is 0.230. The summed E-state index contributed by atoms with van der Waals surface area (Å²) in [5.74, 6) is 2.48. The van der Waals surface area contributed by atoms with Crippen LogP contribution in [0.5, 0.6) is 0 Å². The number of methoxy groups -OCH3 is 1. The fourth-order valence-electron chi connectivity index (χ4n) is 1.84. The largest absolute Gasteiger partial charge is 0.383 e. The van der Waals surface area contributed by atoms with Gasteiger partial charge in [-0.3, -0.25) is 4.99 Å². The van der Waals surface area contributed by atoms with E-state index in [1.54, 1.807) is 23.2 Å². The summed E-state index contributed by atoms with van der Waals surface area (Å²) in [6.45, 7) is 5.38. The molecule has 0 unspecified atom stereocenters. The van der Waals surface area contributed by atoms with Gasteiger partial charge in [0.15, 0.2) is 5.96 Å². The fraction of sp³-hybridized carbons (Fsp3) is 0.917. The number of ether oxygens (including phenoxy) is 1. The van der Waals surface area contributed by atoms with Crippen molar-refractivity contribution in [2.75, 3.05) is 63.7 Å². The molecule has 1 aliphatic rings. The maximum atomic E-state index is 12.2. The molecule has 1 rings (SSSR count). The molecule has 2 N–H and O–H groups in total. The van der Waals surface area contributed by atoms with Crippen molar-refractivity contribution in [2.45, 2.75) is 6.92 Å². The smallest absolute Gasteiger partial charge is 0.215 e. The van der Waals surface area contributed by atoms with Gasteiger partial charge in [-0.15, -0.1) is 24.0 Å². The Kier molecular flexibility index (Phi) is 12.7. The number of hydrogen-bond donors (Lipinski definition) is 2. The van der Waals surface area contributed by atoms with E-state index in [-0.39, 0.29) is 29.7 Å². The van der Waals surface area contributed by atoms with Gasteiger partial charge in [0.05, 0.1) is 18.9 Å². The van der Waals surface area contributed by atoms with Crippen molar-refractivity contribution >= 4 is 51.7 Å². The van der Waals surface area contributed by atoms with E-state index in [1.807, 2.05) is 6.92 Å². The molecule has 0 radical (unpaired) electrons. The van der Waals surface area contributed by atoms with Gasteiger partial charge in [0.25, 0.3) is 0 Å². The van der Waals surface area contributed by atoms with E-state index in [9.17, 15) is 8.42 Å². The van der Waals surface area contributed by atoms with Gasteiger partial charge < -0.3 is 15.4 Å². The molecule has 0 saturated carbocycles. The number of nitrogens with one attached hydrogen (secondary N) is 2. The second kappa shape index (κ2) is 12.6. The third-order valence-electron chi connectivity index (χ3n) is 2.93. The number of aliphatic imine (C=N–C) groups is 1. The van der Waals surface area contributed by atoms with Crippen LogP contribution in [0.1, 0.15) is 6.92 Å². The number of sulfonamides is 1. The minimum Gasteiger partial charge on any atom is -0.383 e. The average molecular weight is 466 g/mol. The zero-order valence-corrected chi connectivity index (χ0v) is 17.2. The normalized spacial score (nSPS) is 16.9. The summed E-state index contributed by atoms with van der Waals surface area (Å²) in [6, 6.07) is 0. The van der Waals surface area contributed by atoms with E-state index in [4.69, 9.17) is 4.74 Å². The first kappa shape index (κ1) is 22.2. The molecular formula is C12H27IN4O3S2. The number of hydrogen-bond acceptors (Lipinski definition) is 5. The van der Waals surface area contributed by atoms with Crippen LogP contribution in [0.4, 0.5) is 0 Å². The molecule has 22 heavy (non-hydrogen) atoms. The topological polar surface area (TPSA) is 83.0 Å². The summed E-state index contributed by atoms with van der Waals surface area (Å²) < 4.78 is 30.9. The minimum atomic E-state index is -3.17. The highest BCUT2D eigenvalue weighted by molar-refractivity contribution is 14.0. The molecule has 1 aliphatic heterocycles. The van der Waals surface area contributed by atoms with Gasteiger partial charge in [-0.2, -0.15) is 11.8 Å². The van der Waals surface area contributed by atoms with Crippen LogP contribution in [0.25, 0.3) is 0 Å². The van der Waals surface area contributed by atoms with Crippen LogP contribution >= 0.6 is 35.7 Å². The van der Waals surface area contributed by atoms with E-state index in [1.165, 1.54) is 0 Å². The van der Waals surface area contributed by atoms with Crippen LogP contribution < -0.4 is 10.6 Å². The Balaban J connectivity index is 0.00000441. The lowest BCUT2D eigenvalue weighted by Gasteiger charge is -2.25. The first-order chi connectivity index (χ1) is 10.1. The van der Waals surface area contributed by atoms with Crippen LogP contribution in [0, 0.1) is 0 Å². The molecule has 10 heteroatoms. The summed E-state index contributed by atoms with van der Waals surface area (Å²) in [5, 5.41) is 6.13. The van der Waals surface area contributed by atoms with Gasteiger partial charge in [0.2, 0.25) is 10.0 Å². The van der Waals surface area contributed by atoms with Crippen molar-refractivity contribution in [3.63, 3.8) is 0 Å². The number of rotatable bonds is 8. The molecule has 0 aromatic rings. The summed E-state index contributed by atoms with van der Waals surface area (Å²) in [6.07, 6.45) is 0. The second-order valence-corrected chi connectivity index (χ2v) is 7.82. The predicted octanol–water partition coefficient (Wildman–Crippen LogP) is 0.185. The molecule has 0 aromatic heterocycles. The Morgan fingerprint density at radius 3 is 2.59 bits per heavy atom. The van der Waals surface area contributed by atoms with Gasteiger partial charge in [-0.05, 0) is 6.92 Å². The SMILES string of the molecule is CCNC(=NCCOC)NCCS(=O)(=O)N1CCSCC1.I. The fourth-order valence-corrected chi connectivity index (χ4v) is 4.33. The molecule has 0 aromatic carbocycles. The Hall–Kier alpha value is 0.220. The lowest BCUT2D eigenvalue weighted by atomic mass is 10.6. The Labute approximate surface area is 155 Å². The molecule has 0 atom stereocenters. The van der Waals surface area contributed by atoms with Crippen molar-refractivity contribution in [3.8, 4) is 0 Å². The van der Waals surface area contributed by atoms with Gasteiger partial charge >= 0.3 is 0 Å². The Bertz CT molecular complexity index is 415. The third kappa shape index (κ3) is 8.75. The van der Waals surface area contributed by atoms with Crippen molar-refractivity contribution in [2.24, 2.45) is 4.99 Å². The molecule has 1 fully saturated rings. The van der Waals surface area contributed by atoms with Gasteiger partial charge in [0, 0.05) is 44.8 Å². The van der Waals surface area contributed by atoms with E-state index in [2.05, 4.69) is 15.6 Å². The molecule has 1 heterocycles. The maximum Gasteiger partial charge on any atom is 0.215 e. The van der Waals surface area contributed by atoms with E-state index in [0.29, 0.717) is 38.7 Å². The molecule has 7 nitrogen and oxygen atoms in total. The van der Waals surface area contributed by atoms with Crippen LogP contribution in [0.3, 0.4) is 0 Å². The lowest BCUT2D eigenvalue weighted by Crippen LogP contribution is -2.44.